The van der Waals surface area contributed by atoms with Crippen LogP contribution in [0.5, 0.6) is 0 Å². The predicted octanol–water partition coefficient (Wildman–Crippen LogP) is 5.45. The van der Waals surface area contributed by atoms with Gasteiger partial charge in [0.15, 0.2) is 0 Å². The van der Waals surface area contributed by atoms with Crippen LogP contribution in [0.25, 0.3) is 0 Å². The number of unbranched alkanes of at least 4 members (excludes halogenated alkanes) is 1. The maximum atomic E-state index is 12.8. The molecule has 0 radical (unpaired) electrons. The van der Waals surface area contributed by atoms with Crippen molar-refractivity contribution in [1.29, 1.82) is 0 Å². The number of rotatable bonds is 8. The zero-order valence-electron chi connectivity index (χ0n) is 16.9. The summed E-state index contributed by atoms with van der Waals surface area (Å²) in [6.45, 7) is 6.66. The lowest BCUT2D eigenvalue weighted by Crippen LogP contribution is -2.13. The fourth-order valence-corrected chi connectivity index (χ4v) is 4.50. The van der Waals surface area contributed by atoms with Crippen LogP contribution in [-0.2, 0) is 23.0 Å². The molecule has 0 saturated heterocycles. The van der Waals surface area contributed by atoms with Crippen molar-refractivity contribution in [2.75, 3.05) is 4.72 Å². The van der Waals surface area contributed by atoms with E-state index in [0.717, 1.165) is 46.2 Å². The first-order chi connectivity index (χ1) is 13.8. The van der Waals surface area contributed by atoms with Crippen molar-refractivity contribution < 1.29 is 8.42 Å². The number of sulfonamides is 1. The lowest BCUT2D eigenvalue weighted by atomic mass is 10.1. The second-order valence-corrected chi connectivity index (χ2v) is 9.67. The largest absolute Gasteiger partial charge is 0.280 e. The van der Waals surface area contributed by atoms with Crippen molar-refractivity contribution in [3.8, 4) is 0 Å². The van der Waals surface area contributed by atoms with E-state index in [1.807, 2.05) is 48.9 Å². The third-order valence-electron chi connectivity index (χ3n) is 4.86. The highest BCUT2D eigenvalue weighted by atomic mass is 79.9. The molecule has 0 spiro atoms. The Hall–Kier alpha value is -2.12. The van der Waals surface area contributed by atoms with Gasteiger partial charge in [-0.25, -0.2) is 8.42 Å². The highest BCUT2D eigenvalue weighted by Crippen LogP contribution is 2.22. The number of halogens is 1. The first-order valence-corrected chi connectivity index (χ1v) is 12.0. The van der Waals surface area contributed by atoms with E-state index in [0.29, 0.717) is 12.2 Å². The first-order valence-electron chi connectivity index (χ1n) is 9.70. The first kappa shape index (κ1) is 21.6. The number of nitrogens with one attached hydrogen (secondary N) is 1. The van der Waals surface area contributed by atoms with Crippen molar-refractivity contribution in [2.45, 2.75) is 51.5 Å². The van der Waals surface area contributed by atoms with Crippen LogP contribution in [-0.4, -0.2) is 18.2 Å². The average Bonchev–Trinajstić information content (AvgIpc) is 2.93. The third kappa shape index (κ3) is 5.28. The fourth-order valence-electron chi connectivity index (χ4n) is 3.17. The maximum absolute atomic E-state index is 12.8. The highest BCUT2D eigenvalue weighted by Gasteiger charge is 2.15. The van der Waals surface area contributed by atoms with Gasteiger partial charge in [-0.3, -0.25) is 9.40 Å². The molecule has 5 nitrogen and oxygen atoms in total. The Morgan fingerprint density at radius 3 is 2.41 bits per heavy atom. The Kier molecular flexibility index (Phi) is 6.80. The van der Waals surface area contributed by atoms with Crippen molar-refractivity contribution in [2.24, 2.45) is 0 Å². The molecule has 0 atom stereocenters. The lowest BCUT2D eigenvalue weighted by molar-refractivity contribution is 0.601. The van der Waals surface area contributed by atoms with Gasteiger partial charge in [0.25, 0.3) is 10.0 Å². The fraction of sp³-hybridized carbons (Fsp3) is 0.318. The van der Waals surface area contributed by atoms with Gasteiger partial charge in [0.1, 0.15) is 0 Å². The summed E-state index contributed by atoms with van der Waals surface area (Å²) in [5.41, 5.74) is 4.64. The summed E-state index contributed by atoms with van der Waals surface area (Å²) >= 11 is 3.54. The van der Waals surface area contributed by atoms with Crippen molar-refractivity contribution in [1.82, 2.24) is 9.78 Å². The van der Waals surface area contributed by atoms with Crippen LogP contribution >= 0.6 is 15.9 Å². The minimum Gasteiger partial charge on any atom is -0.280 e. The van der Waals surface area contributed by atoms with Crippen LogP contribution in [0.15, 0.2) is 57.9 Å². The number of anilines is 1. The predicted molar refractivity (Wildman–Crippen MR) is 121 cm³/mol. The van der Waals surface area contributed by atoms with Crippen LogP contribution in [0.1, 0.15) is 42.3 Å². The molecule has 1 N–H and O–H groups in total. The normalized spacial score (nSPS) is 11.6. The molecule has 154 valence electrons. The number of nitrogens with zero attached hydrogens (tertiary/aromatic N) is 2. The van der Waals surface area contributed by atoms with Crippen LogP contribution < -0.4 is 4.72 Å². The smallest absolute Gasteiger partial charge is 0.261 e. The molecular formula is C22H26BrN3O2S. The molecule has 0 bridgehead atoms. The number of aryl methyl sites for hydroxylation is 2. The molecule has 29 heavy (non-hydrogen) atoms. The van der Waals surface area contributed by atoms with E-state index in [4.69, 9.17) is 0 Å². The van der Waals surface area contributed by atoms with E-state index in [1.165, 1.54) is 0 Å². The summed E-state index contributed by atoms with van der Waals surface area (Å²) < 4.78 is 31.1. The quantitative estimate of drug-likeness (QED) is 0.470. The SMILES string of the molecule is CCCCc1ccc(S(=O)(=O)Nc2cccc(Cn3nc(C)c(Br)c3C)c2)cc1. The summed E-state index contributed by atoms with van der Waals surface area (Å²) in [5.74, 6) is 0. The summed E-state index contributed by atoms with van der Waals surface area (Å²) in [6, 6.07) is 14.5. The Balaban J connectivity index is 1.75. The van der Waals surface area contributed by atoms with E-state index in [1.54, 1.807) is 18.2 Å². The van der Waals surface area contributed by atoms with E-state index in [2.05, 4.69) is 32.7 Å². The molecule has 0 amide bonds. The van der Waals surface area contributed by atoms with Crippen LogP contribution in [0.4, 0.5) is 5.69 Å². The molecule has 3 rings (SSSR count). The minimum atomic E-state index is -3.63. The van der Waals surface area contributed by atoms with Gasteiger partial charge in [-0.05, 0) is 78.0 Å². The second-order valence-electron chi connectivity index (χ2n) is 7.20. The van der Waals surface area contributed by atoms with Gasteiger partial charge in [-0.1, -0.05) is 37.6 Å². The van der Waals surface area contributed by atoms with E-state index < -0.39 is 10.0 Å². The van der Waals surface area contributed by atoms with Crippen molar-refractivity contribution in [3.05, 3.63) is 75.5 Å². The molecule has 3 aromatic rings. The summed E-state index contributed by atoms with van der Waals surface area (Å²) in [5, 5.41) is 4.52. The summed E-state index contributed by atoms with van der Waals surface area (Å²) in [6.07, 6.45) is 3.18. The second kappa shape index (κ2) is 9.13. The molecule has 0 aliphatic rings. The summed E-state index contributed by atoms with van der Waals surface area (Å²) in [7, 11) is -3.63. The van der Waals surface area contributed by atoms with Gasteiger partial charge < -0.3 is 0 Å². The van der Waals surface area contributed by atoms with Crippen molar-refractivity contribution in [3.63, 3.8) is 0 Å². The van der Waals surface area contributed by atoms with Crippen LogP contribution in [0.3, 0.4) is 0 Å². The Labute approximate surface area is 181 Å². The third-order valence-corrected chi connectivity index (χ3v) is 7.40. The van der Waals surface area contributed by atoms with Gasteiger partial charge in [0.2, 0.25) is 0 Å². The standard InChI is InChI=1S/C22H26BrN3O2S/c1-4-5-7-18-10-12-21(13-11-18)29(27,28)25-20-9-6-8-19(14-20)15-26-17(3)22(23)16(2)24-26/h6,8-14,25H,4-5,7,15H2,1-3H3. The van der Waals surface area contributed by atoms with Gasteiger partial charge in [0, 0.05) is 5.69 Å². The Morgan fingerprint density at radius 2 is 1.79 bits per heavy atom. The monoisotopic (exact) mass is 475 g/mol. The number of hydrogen-bond acceptors (Lipinski definition) is 3. The summed E-state index contributed by atoms with van der Waals surface area (Å²) in [4.78, 5) is 0.269. The van der Waals surface area contributed by atoms with Gasteiger partial charge in [0.05, 0.1) is 27.3 Å². The highest BCUT2D eigenvalue weighted by molar-refractivity contribution is 9.10. The Morgan fingerprint density at radius 1 is 1.07 bits per heavy atom. The topological polar surface area (TPSA) is 64.0 Å². The molecule has 1 aromatic heterocycles. The molecular weight excluding hydrogens is 450 g/mol. The average molecular weight is 476 g/mol. The maximum Gasteiger partial charge on any atom is 0.261 e. The molecule has 0 unspecified atom stereocenters. The zero-order valence-corrected chi connectivity index (χ0v) is 19.3. The van der Waals surface area contributed by atoms with Crippen LogP contribution in [0, 0.1) is 13.8 Å². The lowest BCUT2D eigenvalue weighted by Gasteiger charge is -2.11. The minimum absolute atomic E-state index is 0.269. The van der Waals surface area contributed by atoms with Crippen LogP contribution in [0.2, 0.25) is 0 Å². The number of hydrogen-bond donors (Lipinski definition) is 1. The van der Waals surface area contributed by atoms with Gasteiger partial charge in [-0.2, -0.15) is 5.10 Å². The Bertz CT molecular complexity index is 1090. The number of aromatic nitrogens is 2. The molecule has 0 saturated carbocycles. The molecule has 0 aliphatic heterocycles. The van der Waals surface area contributed by atoms with Crippen molar-refractivity contribution >= 4 is 31.6 Å². The molecule has 2 aromatic carbocycles. The molecule has 0 aliphatic carbocycles. The number of benzene rings is 2. The zero-order chi connectivity index (χ0) is 21.0. The van der Waals surface area contributed by atoms with E-state index >= 15 is 0 Å². The van der Waals surface area contributed by atoms with E-state index in [-0.39, 0.29) is 4.90 Å². The van der Waals surface area contributed by atoms with Gasteiger partial charge >= 0.3 is 0 Å². The van der Waals surface area contributed by atoms with E-state index in [9.17, 15) is 8.42 Å². The van der Waals surface area contributed by atoms with Gasteiger partial charge in [-0.15, -0.1) is 0 Å². The molecule has 7 heteroatoms. The molecule has 1 heterocycles. The molecule has 0 fully saturated rings.